The molecule has 2 aromatic rings. The Hall–Kier alpha value is -3.15. The summed E-state index contributed by atoms with van der Waals surface area (Å²) < 4.78 is 0. The molecule has 6 heteroatoms. The highest BCUT2D eigenvalue weighted by Crippen LogP contribution is 2.20. The van der Waals surface area contributed by atoms with Gasteiger partial charge in [0.2, 0.25) is 0 Å². The van der Waals surface area contributed by atoms with E-state index in [0.29, 0.717) is 17.8 Å². The number of amides is 3. The Labute approximate surface area is 177 Å². The van der Waals surface area contributed by atoms with Crippen LogP contribution in [0.4, 0.5) is 5.69 Å². The molecule has 2 aromatic carbocycles. The zero-order valence-corrected chi connectivity index (χ0v) is 17.2. The molecule has 30 heavy (non-hydrogen) atoms. The number of unbranched alkanes of at least 4 members (excludes halogenated alkanes) is 1. The second-order valence-electron chi connectivity index (χ2n) is 7.65. The van der Waals surface area contributed by atoms with Crippen LogP contribution < -0.4 is 16.0 Å². The van der Waals surface area contributed by atoms with Gasteiger partial charge < -0.3 is 16.0 Å². The molecule has 0 atom stereocenters. The number of aryl methyl sites for hydroxylation is 1. The maximum absolute atomic E-state index is 12.6. The van der Waals surface area contributed by atoms with E-state index in [9.17, 15) is 14.4 Å². The molecule has 3 amide bonds. The quantitative estimate of drug-likeness (QED) is 0.463. The highest BCUT2D eigenvalue weighted by atomic mass is 16.2. The average Bonchev–Trinajstić information content (AvgIpc) is 3.27. The molecular weight excluding hydrogens is 378 g/mol. The first kappa shape index (κ1) is 21.6. The van der Waals surface area contributed by atoms with Crippen LogP contribution in [0.1, 0.15) is 54.4 Å². The number of rotatable bonds is 8. The fourth-order valence-corrected chi connectivity index (χ4v) is 3.68. The van der Waals surface area contributed by atoms with E-state index in [1.165, 1.54) is 5.56 Å². The van der Waals surface area contributed by atoms with Crippen LogP contribution in [0, 0.1) is 0 Å². The predicted molar refractivity (Wildman–Crippen MR) is 117 cm³/mol. The summed E-state index contributed by atoms with van der Waals surface area (Å²) in [6.45, 7) is 0.433. The zero-order valence-electron chi connectivity index (χ0n) is 17.2. The average molecular weight is 408 g/mol. The predicted octanol–water partition coefficient (Wildman–Crippen LogP) is 3.44. The maximum Gasteiger partial charge on any atom is 0.313 e. The molecule has 0 aromatic heterocycles. The third-order valence-electron chi connectivity index (χ3n) is 5.34. The van der Waals surface area contributed by atoms with Crippen molar-refractivity contribution in [3.05, 3.63) is 65.7 Å². The van der Waals surface area contributed by atoms with Gasteiger partial charge in [0, 0.05) is 12.6 Å². The molecular formula is C24H29N3O3. The lowest BCUT2D eigenvalue weighted by Crippen LogP contribution is -2.37. The van der Waals surface area contributed by atoms with Gasteiger partial charge in [-0.1, -0.05) is 55.3 Å². The zero-order chi connectivity index (χ0) is 21.2. The first-order valence-corrected chi connectivity index (χ1v) is 10.7. The summed E-state index contributed by atoms with van der Waals surface area (Å²) in [6, 6.07) is 17.1. The van der Waals surface area contributed by atoms with Crippen LogP contribution in [0.25, 0.3) is 0 Å². The Balaban J connectivity index is 1.44. The Kier molecular flexibility index (Phi) is 8.01. The van der Waals surface area contributed by atoms with Crippen molar-refractivity contribution in [1.82, 2.24) is 10.6 Å². The van der Waals surface area contributed by atoms with Gasteiger partial charge >= 0.3 is 11.8 Å². The topological polar surface area (TPSA) is 87.3 Å². The summed E-state index contributed by atoms with van der Waals surface area (Å²) in [4.78, 5) is 36.9. The van der Waals surface area contributed by atoms with Crippen LogP contribution in [0.2, 0.25) is 0 Å². The van der Waals surface area contributed by atoms with Gasteiger partial charge in [0.05, 0.1) is 11.3 Å². The minimum Gasteiger partial charge on any atom is -0.349 e. The minimum absolute atomic E-state index is 0.181. The van der Waals surface area contributed by atoms with Crippen LogP contribution in [0.3, 0.4) is 0 Å². The number of para-hydroxylation sites is 1. The van der Waals surface area contributed by atoms with E-state index in [-0.39, 0.29) is 11.9 Å². The third kappa shape index (κ3) is 6.44. The largest absolute Gasteiger partial charge is 0.349 e. The molecule has 0 heterocycles. The van der Waals surface area contributed by atoms with Crippen LogP contribution in [0.15, 0.2) is 54.6 Å². The molecule has 3 rings (SSSR count). The van der Waals surface area contributed by atoms with E-state index >= 15 is 0 Å². The number of nitrogens with one attached hydrogen (secondary N) is 3. The van der Waals surface area contributed by atoms with Crippen molar-refractivity contribution in [2.75, 3.05) is 11.9 Å². The Bertz CT molecular complexity index is 861. The summed E-state index contributed by atoms with van der Waals surface area (Å²) in [5.74, 6) is -1.68. The normalized spacial score (nSPS) is 13.6. The number of carbonyl (C=O) groups is 3. The van der Waals surface area contributed by atoms with E-state index in [0.717, 1.165) is 44.9 Å². The summed E-state index contributed by atoms with van der Waals surface area (Å²) in [6.07, 6.45) is 6.85. The Morgan fingerprint density at radius 3 is 2.30 bits per heavy atom. The third-order valence-corrected chi connectivity index (χ3v) is 5.34. The van der Waals surface area contributed by atoms with E-state index in [1.807, 2.05) is 18.2 Å². The van der Waals surface area contributed by atoms with Gasteiger partial charge in [0.15, 0.2) is 0 Å². The fraction of sp³-hybridized carbons (Fsp3) is 0.375. The van der Waals surface area contributed by atoms with Crippen molar-refractivity contribution in [2.24, 2.45) is 0 Å². The van der Waals surface area contributed by atoms with Gasteiger partial charge in [-0.25, -0.2) is 0 Å². The van der Waals surface area contributed by atoms with Crippen molar-refractivity contribution in [3.8, 4) is 0 Å². The first-order valence-electron chi connectivity index (χ1n) is 10.7. The number of benzene rings is 2. The molecule has 1 fully saturated rings. The van der Waals surface area contributed by atoms with Crippen molar-refractivity contribution in [1.29, 1.82) is 0 Å². The summed E-state index contributed by atoms with van der Waals surface area (Å²) in [7, 11) is 0. The molecule has 0 bridgehead atoms. The molecule has 0 spiro atoms. The van der Waals surface area contributed by atoms with Gasteiger partial charge in [0.1, 0.15) is 0 Å². The molecule has 0 radical (unpaired) electrons. The van der Waals surface area contributed by atoms with Crippen LogP contribution in [-0.2, 0) is 16.0 Å². The van der Waals surface area contributed by atoms with Gasteiger partial charge in [-0.15, -0.1) is 0 Å². The molecule has 1 aliphatic rings. The molecule has 1 aliphatic carbocycles. The van der Waals surface area contributed by atoms with Gasteiger partial charge in [0.25, 0.3) is 5.91 Å². The van der Waals surface area contributed by atoms with Crippen molar-refractivity contribution < 1.29 is 14.4 Å². The highest BCUT2D eigenvalue weighted by molar-refractivity contribution is 6.40. The standard InChI is InChI=1S/C24H29N3O3/c28-22(26-19-13-4-5-14-19)20-15-6-7-16-21(20)27-24(30)23(29)25-17-9-8-12-18-10-2-1-3-11-18/h1-3,6-7,10-11,15-16,19H,4-5,8-9,12-14,17H2,(H,25,29)(H,26,28)(H,27,30). The molecule has 1 saturated carbocycles. The smallest absolute Gasteiger partial charge is 0.313 e. The molecule has 6 nitrogen and oxygen atoms in total. The lowest BCUT2D eigenvalue weighted by Gasteiger charge is -2.15. The van der Waals surface area contributed by atoms with E-state index < -0.39 is 11.8 Å². The van der Waals surface area contributed by atoms with Crippen LogP contribution >= 0.6 is 0 Å². The SMILES string of the molecule is O=C(NCCCCc1ccccc1)C(=O)Nc1ccccc1C(=O)NC1CCCC1. The highest BCUT2D eigenvalue weighted by Gasteiger charge is 2.21. The van der Waals surface area contributed by atoms with E-state index in [2.05, 4.69) is 28.1 Å². The van der Waals surface area contributed by atoms with Crippen LogP contribution in [-0.4, -0.2) is 30.3 Å². The van der Waals surface area contributed by atoms with Gasteiger partial charge in [-0.3, -0.25) is 14.4 Å². The number of anilines is 1. The second-order valence-corrected chi connectivity index (χ2v) is 7.65. The molecule has 0 saturated heterocycles. The van der Waals surface area contributed by atoms with Crippen molar-refractivity contribution in [3.63, 3.8) is 0 Å². The lowest BCUT2D eigenvalue weighted by atomic mass is 10.1. The molecule has 158 valence electrons. The molecule has 3 N–H and O–H groups in total. The number of hydrogen-bond acceptors (Lipinski definition) is 3. The Morgan fingerprint density at radius 2 is 1.53 bits per heavy atom. The minimum atomic E-state index is -0.765. The van der Waals surface area contributed by atoms with Crippen molar-refractivity contribution in [2.45, 2.75) is 51.0 Å². The van der Waals surface area contributed by atoms with Gasteiger partial charge in [-0.2, -0.15) is 0 Å². The first-order chi connectivity index (χ1) is 14.6. The summed E-state index contributed by atoms with van der Waals surface area (Å²) >= 11 is 0. The van der Waals surface area contributed by atoms with E-state index in [1.54, 1.807) is 24.3 Å². The van der Waals surface area contributed by atoms with E-state index in [4.69, 9.17) is 0 Å². The monoisotopic (exact) mass is 407 g/mol. The maximum atomic E-state index is 12.6. The summed E-state index contributed by atoms with van der Waals surface area (Å²) in [5, 5.41) is 8.22. The lowest BCUT2D eigenvalue weighted by molar-refractivity contribution is -0.136. The fourth-order valence-electron chi connectivity index (χ4n) is 3.68. The molecule has 0 unspecified atom stereocenters. The Morgan fingerprint density at radius 1 is 0.833 bits per heavy atom. The second kappa shape index (κ2) is 11.1. The van der Waals surface area contributed by atoms with Gasteiger partial charge in [-0.05, 0) is 49.8 Å². The van der Waals surface area contributed by atoms with Crippen LogP contribution in [0.5, 0.6) is 0 Å². The molecule has 0 aliphatic heterocycles. The number of carbonyl (C=O) groups excluding carboxylic acids is 3. The number of hydrogen-bond donors (Lipinski definition) is 3. The summed E-state index contributed by atoms with van der Waals surface area (Å²) in [5.41, 5.74) is 1.97. The van der Waals surface area contributed by atoms with Crippen molar-refractivity contribution >= 4 is 23.4 Å².